The predicted molar refractivity (Wildman–Crippen MR) is 85.9 cm³/mol. The summed E-state index contributed by atoms with van der Waals surface area (Å²) in [6, 6.07) is 5.32. The van der Waals surface area contributed by atoms with Gasteiger partial charge in [0.15, 0.2) is 5.78 Å². The molecule has 0 amide bonds. The van der Waals surface area contributed by atoms with Gasteiger partial charge in [-0.3, -0.25) is 4.79 Å². The number of nitrogens with one attached hydrogen (secondary N) is 1. The molecule has 3 aromatic rings. The predicted octanol–water partition coefficient (Wildman–Crippen LogP) is 2.12. The molecule has 0 aliphatic rings. The Labute approximate surface area is 142 Å². The molecule has 0 bridgehead atoms. The van der Waals surface area contributed by atoms with Crippen molar-refractivity contribution in [2.75, 3.05) is 5.32 Å². The lowest BCUT2D eigenvalue weighted by molar-refractivity contribution is 0.103. The molecule has 0 spiro atoms. The number of rotatable bonds is 5. The average molecular weight is 334 g/mol. The molecule has 0 atom stereocenters. The van der Waals surface area contributed by atoms with Crippen LogP contribution in [0.25, 0.3) is 0 Å². The van der Waals surface area contributed by atoms with Crippen LogP contribution in [0.2, 0.25) is 0 Å². The summed E-state index contributed by atoms with van der Waals surface area (Å²) in [5.74, 6) is -0.712. The van der Waals surface area contributed by atoms with Gasteiger partial charge >= 0.3 is 0 Å². The highest BCUT2D eigenvalue weighted by atomic mass is 19.1. The monoisotopic (exact) mass is 334 g/mol. The molecule has 2 heterocycles. The Bertz CT molecular complexity index is 938. The molecule has 122 valence electrons. The summed E-state index contributed by atoms with van der Waals surface area (Å²) in [7, 11) is 0. The Morgan fingerprint density at radius 2 is 1.84 bits per heavy atom. The fourth-order valence-electron chi connectivity index (χ4n) is 2.06. The minimum absolute atomic E-state index is 0.185. The number of nitrogens with zero attached hydrogens (tertiary/aromatic N) is 5. The van der Waals surface area contributed by atoms with E-state index in [1.165, 1.54) is 30.9 Å². The van der Waals surface area contributed by atoms with E-state index in [4.69, 9.17) is 5.26 Å². The van der Waals surface area contributed by atoms with Crippen LogP contribution in [-0.4, -0.2) is 25.7 Å². The summed E-state index contributed by atoms with van der Waals surface area (Å²) in [6.07, 6.45) is 7.51. The first-order chi connectivity index (χ1) is 12.2. The number of halogens is 1. The maximum absolute atomic E-state index is 13.3. The minimum atomic E-state index is -0.667. The average Bonchev–Trinajstić information content (AvgIpc) is 2.67. The standard InChI is InChI=1S/C17H11FN6O/c18-15-2-1-12(3-13(15)4-19)16(25)14-8-23-17(24-9-14)22-7-11-5-20-10-21-6-11/h1-3,5-6,8-10H,7H2,(H,22,23,24). The van der Waals surface area contributed by atoms with Crippen molar-refractivity contribution in [1.82, 2.24) is 19.9 Å². The normalized spacial score (nSPS) is 10.1. The summed E-state index contributed by atoms with van der Waals surface area (Å²) in [4.78, 5) is 28.3. The third kappa shape index (κ3) is 3.79. The van der Waals surface area contributed by atoms with Crippen molar-refractivity contribution in [2.24, 2.45) is 0 Å². The highest BCUT2D eigenvalue weighted by Gasteiger charge is 2.13. The van der Waals surface area contributed by atoms with E-state index < -0.39 is 5.82 Å². The second-order valence-electron chi connectivity index (χ2n) is 5.03. The van der Waals surface area contributed by atoms with Crippen LogP contribution < -0.4 is 5.32 Å². The van der Waals surface area contributed by atoms with Crippen molar-refractivity contribution in [2.45, 2.75) is 6.54 Å². The SMILES string of the molecule is N#Cc1cc(C(=O)c2cnc(NCc3cncnc3)nc2)ccc1F. The van der Waals surface area contributed by atoms with Crippen LogP contribution >= 0.6 is 0 Å². The van der Waals surface area contributed by atoms with Crippen LogP contribution in [-0.2, 0) is 6.54 Å². The number of aromatic nitrogens is 4. The zero-order chi connectivity index (χ0) is 17.6. The molecule has 0 radical (unpaired) electrons. The van der Waals surface area contributed by atoms with Crippen molar-refractivity contribution in [3.05, 3.63) is 77.4 Å². The number of ketones is 1. The van der Waals surface area contributed by atoms with Gasteiger partial charge in [0.25, 0.3) is 0 Å². The van der Waals surface area contributed by atoms with Crippen molar-refractivity contribution in [3.8, 4) is 6.07 Å². The third-order valence-corrected chi connectivity index (χ3v) is 3.33. The molecule has 2 aromatic heterocycles. The first kappa shape index (κ1) is 16.1. The van der Waals surface area contributed by atoms with E-state index in [-0.39, 0.29) is 22.5 Å². The van der Waals surface area contributed by atoms with E-state index in [9.17, 15) is 9.18 Å². The van der Waals surface area contributed by atoms with Gasteiger partial charge in [0, 0.05) is 42.5 Å². The largest absolute Gasteiger partial charge is 0.350 e. The quantitative estimate of drug-likeness (QED) is 0.713. The molecular weight excluding hydrogens is 323 g/mol. The summed E-state index contributed by atoms with van der Waals surface area (Å²) in [5.41, 5.74) is 1.12. The Balaban J connectivity index is 1.71. The molecule has 3 rings (SSSR count). The minimum Gasteiger partial charge on any atom is -0.350 e. The Morgan fingerprint density at radius 1 is 1.12 bits per heavy atom. The molecule has 1 aromatic carbocycles. The van der Waals surface area contributed by atoms with E-state index in [0.29, 0.717) is 12.5 Å². The van der Waals surface area contributed by atoms with E-state index in [0.717, 1.165) is 11.6 Å². The molecule has 0 unspecified atom stereocenters. The van der Waals surface area contributed by atoms with Gasteiger partial charge in [-0.05, 0) is 18.2 Å². The van der Waals surface area contributed by atoms with E-state index in [1.54, 1.807) is 18.5 Å². The Morgan fingerprint density at radius 3 is 2.52 bits per heavy atom. The maximum atomic E-state index is 13.3. The number of carbonyl (C=O) groups is 1. The molecule has 0 aliphatic heterocycles. The summed E-state index contributed by atoms with van der Waals surface area (Å²) >= 11 is 0. The molecule has 0 saturated heterocycles. The van der Waals surface area contributed by atoms with Crippen molar-refractivity contribution in [1.29, 1.82) is 5.26 Å². The van der Waals surface area contributed by atoms with Crippen molar-refractivity contribution >= 4 is 11.7 Å². The molecular formula is C17H11FN6O. The number of benzene rings is 1. The van der Waals surface area contributed by atoms with Crippen LogP contribution in [0.3, 0.4) is 0 Å². The Kier molecular flexibility index (Phi) is 4.67. The fourth-order valence-corrected chi connectivity index (χ4v) is 2.06. The molecule has 0 fully saturated rings. The first-order valence-corrected chi connectivity index (χ1v) is 7.21. The van der Waals surface area contributed by atoms with Gasteiger partial charge in [0.05, 0.1) is 11.1 Å². The van der Waals surface area contributed by atoms with Gasteiger partial charge in [-0.15, -0.1) is 0 Å². The van der Waals surface area contributed by atoms with Gasteiger partial charge in [0.2, 0.25) is 5.95 Å². The van der Waals surface area contributed by atoms with E-state index in [1.807, 2.05) is 0 Å². The van der Waals surface area contributed by atoms with Gasteiger partial charge in [-0.1, -0.05) is 0 Å². The lowest BCUT2D eigenvalue weighted by atomic mass is 10.0. The molecule has 8 heteroatoms. The number of anilines is 1. The second kappa shape index (κ2) is 7.23. The smallest absolute Gasteiger partial charge is 0.222 e. The number of nitriles is 1. The van der Waals surface area contributed by atoms with Gasteiger partial charge in [-0.25, -0.2) is 24.3 Å². The van der Waals surface area contributed by atoms with Crippen LogP contribution in [0.5, 0.6) is 0 Å². The lowest BCUT2D eigenvalue weighted by Gasteiger charge is -2.05. The van der Waals surface area contributed by atoms with E-state index in [2.05, 4.69) is 25.3 Å². The molecule has 0 aliphatic carbocycles. The topological polar surface area (TPSA) is 104 Å². The van der Waals surface area contributed by atoms with Gasteiger partial charge in [-0.2, -0.15) is 5.26 Å². The zero-order valence-electron chi connectivity index (χ0n) is 12.8. The highest BCUT2D eigenvalue weighted by molar-refractivity contribution is 6.08. The number of hydrogen-bond acceptors (Lipinski definition) is 7. The van der Waals surface area contributed by atoms with Crippen LogP contribution in [0, 0.1) is 17.1 Å². The molecule has 1 N–H and O–H groups in total. The first-order valence-electron chi connectivity index (χ1n) is 7.21. The molecule has 0 saturated carbocycles. The summed E-state index contributed by atoms with van der Waals surface area (Å²) in [6.45, 7) is 0.442. The second-order valence-corrected chi connectivity index (χ2v) is 5.03. The van der Waals surface area contributed by atoms with Crippen LogP contribution in [0.15, 0.2) is 49.3 Å². The van der Waals surface area contributed by atoms with Gasteiger partial charge in [0.1, 0.15) is 18.2 Å². The van der Waals surface area contributed by atoms with Crippen LogP contribution in [0.1, 0.15) is 27.0 Å². The molecule has 25 heavy (non-hydrogen) atoms. The Hall–Kier alpha value is -3.73. The fraction of sp³-hybridized carbons (Fsp3) is 0.0588. The third-order valence-electron chi connectivity index (χ3n) is 3.33. The summed E-state index contributed by atoms with van der Waals surface area (Å²) < 4.78 is 13.3. The lowest BCUT2D eigenvalue weighted by Crippen LogP contribution is -2.07. The highest BCUT2D eigenvalue weighted by Crippen LogP contribution is 2.14. The van der Waals surface area contributed by atoms with Gasteiger partial charge < -0.3 is 5.32 Å². The molecule has 7 nitrogen and oxygen atoms in total. The number of carbonyl (C=O) groups excluding carboxylic acids is 1. The number of hydrogen-bond donors (Lipinski definition) is 1. The zero-order valence-corrected chi connectivity index (χ0v) is 12.8. The summed E-state index contributed by atoms with van der Waals surface area (Å²) in [5, 5.41) is 11.8. The van der Waals surface area contributed by atoms with Crippen molar-refractivity contribution in [3.63, 3.8) is 0 Å². The van der Waals surface area contributed by atoms with Crippen LogP contribution in [0.4, 0.5) is 10.3 Å². The van der Waals surface area contributed by atoms with Crippen molar-refractivity contribution < 1.29 is 9.18 Å². The van der Waals surface area contributed by atoms with E-state index >= 15 is 0 Å². The maximum Gasteiger partial charge on any atom is 0.222 e.